The standard InChI is InChI=1S/C31H24Cl2N2O/c32-25-15-11-21(12-16-25)23-19-28(36)29-30(22-7-3-1-4-8-22)34-35(27-9-5-2-6-10-27)31(29,20-23)24-13-17-26(33)18-14-24/h1-18,23,29H,19-20H2/t23?,29-,31-/m0/s1. The van der Waals surface area contributed by atoms with Crippen molar-refractivity contribution in [2.45, 2.75) is 24.3 Å². The number of hydrogen-bond acceptors (Lipinski definition) is 3. The Bertz CT molecular complexity index is 1420. The van der Waals surface area contributed by atoms with Crippen molar-refractivity contribution in [3.63, 3.8) is 0 Å². The van der Waals surface area contributed by atoms with Crippen LogP contribution in [0.25, 0.3) is 0 Å². The summed E-state index contributed by atoms with van der Waals surface area (Å²) in [4.78, 5) is 14.2. The van der Waals surface area contributed by atoms with Crippen LogP contribution in [-0.2, 0) is 10.3 Å². The largest absolute Gasteiger partial charge is 0.299 e. The smallest absolute Gasteiger partial charge is 0.145 e. The summed E-state index contributed by atoms with van der Waals surface area (Å²) in [6.45, 7) is 0. The lowest BCUT2D eigenvalue weighted by Crippen LogP contribution is -2.53. The van der Waals surface area contributed by atoms with Gasteiger partial charge in [-0.05, 0) is 65.4 Å². The first-order valence-corrected chi connectivity index (χ1v) is 12.9. The van der Waals surface area contributed by atoms with E-state index in [1.54, 1.807) is 0 Å². The van der Waals surface area contributed by atoms with Crippen LogP contribution in [-0.4, -0.2) is 11.5 Å². The highest BCUT2D eigenvalue weighted by Gasteiger charge is 2.59. The van der Waals surface area contributed by atoms with Crippen molar-refractivity contribution in [2.24, 2.45) is 11.0 Å². The second-order valence-corrected chi connectivity index (χ2v) is 10.4. The quantitative estimate of drug-likeness (QED) is 0.279. The number of Topliss-reactive ketones (excluding diaryl/α,β-unsaturated/α-hetero) is 1. The average Bonchev–Trinajstić information content (AvgIpc) is 3.27. The highest BCUT2D eigenvalue weighted by molar-refractivity contribution is 6.30. The zero-order chi connectivity index (χ0) is 24.7. The molecule has 0 spiro atoms. The summed E-state index contributed by atoms with van der Waals surface area (Å²) in [5.74, 6) is -0.194. The number of anilines is 1. The van der Waals surface area contributed by atoms with E-state index in [-0.39, 0.29) is 11.7 Å². The molecule has 1 unspecified atom stereocenters. The third-order valence-electron chi connectivity index (χ3n) is 7.42. The van der Waals surface area contributed by atoms with Crippen LogP contribution in [0.15, 0.2) is 114 Å². The van der Waals surface area contributed by atoms with Crippen LogP contribution < -0.4 is 5.01 Å². The monoisotopic (exact) mass is 510 g/mol. The van der Waals surface area contributed by atoms with E-state index in [0.717, 1.165) is 34.5 Å². The number of hydrazone groups is 1. The van der Waals surface area contributed by atoms with Gasteiger partial charge in [0.25, 0.3) is 0 Å². The maximum absolute atomic E-state index is 14.2. The van der Waals surface area contributed by atoms with E-state index in [9.17, 15) is 4.79 Å². The van der Waals surface area contributed by atoms with Crippen LogP contribution in [0.4, 0.5) is 5.69 Å². The first kappa shape index (κ1) is 23.0. The summed E-state index contributed by atoms with van der Waals surface area (Å²) in [6, 6.07) is 36.0. The van der Waals surface area contributed by atoms with Gasteiger partial charge in [0.15, 0.2) is 0 Å². The van der Waals surface area contributed by atoms with E-state index in [1.165, 1.54) is 0 Å². The highest BCUT2D eigenvalue weighted by Crippen LogP contribution is 2.55. The Kier molecular flexibility index (Phi) is 5.91. The van der Waals surface area contributed by atoms with Crippen molar-refractivity contribution < 1.29 is 4.79 Å². The van der Waals surface area contributed by atoms with Crippen molar-refractivity contribution in [2.75, 3.05) is 5.01 Å². The number of halogens is 2. The van der Waals surface area contributed by atoms with E-state index >= 15 is 0 Å². The zero-order valence-electron chi connectivity index (χ0n) is 19.5. The Morgan fingerprint density at radius 2 is 1.33 bits per heavy atom. The predicted molar refractivity (Wildman–Crippen MR) is 147 cm³/mol. The number of fused-ring (bicyclic) bond motifs is 1. The van der Waals surface area contributed by atoms with Gasteiger partial charge in [-0.15, -0.1) is 0 Å². The zero-order valence-corrected chi connectivity index (χ0v) is 21.0. The summed E-state index contributed by atoms with van der Waals surface area (Å²) in [6.07, 6.45) is 1.18. The maximum Gasteiger partial charge on any atom is 0.145 e. The van der Waals surface area contributed by atoms with Gasteiger partial charge in [0.1, 0.15) is 11.3 Å². The van der Waals surface area contributed by atoms with E-state index in [4.69, 9.17) is 28.3 Å². The number of carbonyl (C=O) groups excluding carboxylic acids is 1. The molecule has 5 heteroatoms. The topological polar surface area (TPSA) is 32.7 Å². The van der Waals surface area contributed by atoms with Gasteiger partial charge >= 0.3 is 0 Å². The molecule has 1 saturated carbocycles. The van der Waals surface area contributed by atoms with Crippen LogP contribution in [0, 0.1) is 5.92 Å². The average molecular weight is 511 g/mol. The summed E-state index contributed by atoms with van der Waals surface area (Å²) >= 11 is 12.5. The minimum Gasteiger partial charge on any atom is -0.299 e. The number of nitrogens with zero attached hydrogens (tertiary/aromatic N) is 2. The molecule has 178 valence electrons. The molecular weight excluding hydrogens is 487 g/mol. The number of carbonyl (C=O) groups is 1. The molecule has 1 fully saturated rings. The normalized spacial score (nSPS) is 23.3. The van der Waals surface area contributed by atoms with Gasteiger partial charge in [-0.25, -0.2) is 0 Å². The van der Waals surface area contributed by atoms with Gasteiger partial charge in [0.2, 0.25) is 0 Å². The molecule has 0 saturated heterocycles. The molecule has 0 amide bonds. The van der Waals surface area contributed by atoms with Crippen molar-refractivity contribution in [3.05, 3.63) is 136 Å². The molecule has 0 bridgehead atoms. The molecule has 0 radical (unpaired) electrons. The number of benzene rings is 4. The molecule has 3 nitrogen and oxygen atoms in total. The lowest BCUT2D eigenvalue weighted by atomic mass is 9.61. The fraction of sp³-hybridized carbons (Fsp3) is 0.161. The van der Waals surface area contributed by atoms with Gasteiger partial charge in [-0.3, -0.25) is 9.80 Å². The van der Waals surface area contributed by atoms with Gasteiger partial charge in [0, 0.05) is 16.5 Å². The Hall–Kier alpha value is -3.40. The Morgan fingerprint density at radius 1 is 0.750 bits per heavy atom. The number of para-hydroxylation sites is 1. The lowest BCUT2D eigenvalue weighted by molar-refractivity contribution is -0.125. The molecular formula is C31H24Cl2N2O. The second-order valence-electron chi connectivity index (χ2n) is 9.49. The second kappa shape index (κ2) is 9.24. The molecule has 0 N–H and O–H groups in total. The molecule has 2 aliphatic rings. The fourth-order valence-electron chi connectivity index (χ4n) is 5.84. The van der Waals surface area contributed by atoms with Crippen molar-refractivity contribution in [1.82, 2.24) is 0 Å². The Balaban J connectivity index is 1.59. The predicted octanol–water partition coefficient (Wildman–Crippen LogP) is 7.88. The van der Waals surface area contributed by atoms with Gasteiger partial charge < -0.3 is 0 Å². The molecule has 36 heavy (non-hydrogen) atoms. The van der Waals surface area contributed by atoms with E-state index in [0.29, 0.717) is 16.5 Å². The molecule has 3 atom stereocenters. The first-order valence-electron chi connectivity index (χ1n) is 12.1. The van der Waals surface area contributed by atoms with Crippen molar-refractivity contribution in [3.8, 4) is 0 Å². The molecule has 4 aromatic carbocycles. The summed E-state index contributed by atoms with van der Waals surface area (Å²) in [5, 5.41) is 8.65. The van der Waals surface area contributed by atoms with E-state index < -0.39 is 11.5 Å². The molecule has 1 heterocycles. The van der Waals surface area contributed by atoms with E-state index in [1.807, 2.05) is 97.1 Å². The van der Waals surface area contributed by atoms with Gasteiger partial charge in [-0.1, -0.05) is 96.0 Å². The van der Waals surface area contributed by atoms with Gasteiger partial charge in [0.05, 0.1) is 17.3 Å². The maximum atomic E-state index is 14.2. The molecule has 4 aromatic rings. The van der Waals surface area contributed by atoms with E-state index in [2.05, 4.69) is 17.1 Å². The van der Waals surface area contributed by atoms with Crippen LogP contribution in [0.1, 0.15) is 35.4 Å². The molecule has 6 rings (SSSR count). The third kappa shape index (κ3) is 3.84. The van der Waals surface area contributed by atoms with Crippen LogP contribution in [0.2, 0.25) is 10.0 Å². The van der Waals surface area contributed by atoms with Crippen LogP contribution >= 0.6 is 23.2 Å². The Morgan fingerprint density at radius 3 is 1.97 bits per heavy atom. The minimum absolute atomic E-state index is 0.0261. The lowest BCUT2D eigenvalue weighted by Gasteiger charge is -2.47. The number of rotatable bonds is 4. The first-order chi connectivity index (χ1) is 17.6. The number of hydrogen-bond donors (Lipinski definition) is 0. The molecule has 1 aliphatic carbocycles. The molecule has 0 aromatic heterocycles. The third-order valence-corrected chi connectivity index (χ3v) is 7.92. The Labute approximate surface area is 221 Å². The summed E-state index contributed by atoms with van der Waals surface area (Å²) in [5.41, 5.74) is 4.18. The van der Waals surface area contributed by atoms with Gasteiger partial charge in [-0.2, -0.15) is 5.10 Å². The summed E-state index contributed by atoms with van der Waals surface area (Å²) in [7, 11) is 0. The van der Waals surface area contributed by atoms with Crippen LogP contribution in [0.3, 0.4) is 0 Å². The van der Waals surface area contributed by atoms with Crippen molar-refractivity contribution in [1.29, 1.82) is 0 Å². The minimum atomic E-state index is -0.698. The number of ketones is 1. The summed E-state index contributed by atoms with van der Waals surface area (Å²) < 4.78 is 0. The fourth-order valence-corrected chi connectivity index (χ4v) is 6.09. The molecule has 1 aliphatic heterocycles. The highest BCUT2D eigenvalue weighted by atomic mass is 35.5. The van der Waals surface area contributed by atoms with Crippen molar-refractivity contribution >= 4 is 40.4 Å². The van der Waals surface area contributed by atoms with Crippen LogP contribution in [0.5, 0.6) is 0 Å². The SMILES string of the molecule is O=C1CC(c2ccc(Cl)cc2)C[C@]2(c3ccc(Cl)cc3)[C@@H]1C(c1ccccc1)=NN2c1ccccc1.